The van der Waals surface area contributed by atoms with Gasteiger partial charge in [-0.15, -0.1) is 22.2 Å². The predicted molar refractivity (Wildman–Crippen MR) is 44.2 cm³/mol. The summed E-state index contributed by atoms with van der Waals surface area (Å²) < 4.78 is 0. The monoisotopic (exact) mass is 179 g/mol. The maximum Gasteiger partial charge on any atom is 0.280 e. The summed E-state index contributed by atoms with van der Waals surface area (Å²) in [6.07, 6.45) is 8.01. The van der Waals surface area contributed by atoms with Gasteiger partial charge in [0.15, 0.2) is 0 Å². The molecule has 0 aromatic carbocycles. The van der Waals surface area contributed by atoms with Crippen LogP contribution >= 0.6 is 22.2 Å². The van der Waals surface area contributed by atoms with Crippen molar-refractivity contribution < 1.29 is 0 Å². The highest BCUT2D eigenvalue weighted by Crippen LogP contribution is 2.28. The minimum absolute atomic E-state index is 0.507. The highest BCUT2D eigenvalue weighted by molar-refractivity contribution is 7.34. The van der Waals surface area contributed by atoms with Crippen LogP contribution in [0, 0.1) is 0 Å². The molecule has 0 nitrogen and oxygen atoms in total. The standard InChI is InChI=1S/C6H9Cl2Si/c7-9(8)6-4-2-1-3-5-6/h2,4,6H,1,3,5H2. The van der Waals surface area contributed by atoms with Crippen LogP contribution in [-0.4, -0.2) is 7.42 Å². The Labute approximate surface area is 66.9 Å². The summed E-state index contributed by atoms with van der Waals surface area (Å²) in [5, 5.41) is 0. The maximum absolute atomic E-state index is 5.77. The van der Waals surface area contributed by atoms with Crippen molar-refractivity contribution in [3.8, 4) is 0 Å². The van der Waals surface area contributed by atoms with E-state index in [4.69, 9.17) is 22.2 Å². The van der Waals surface area contributed by atoms with Crippen molar-refractivity contribution in [3.05, 3.63) is 12.2 Å². The van der Waals surface area contributed by atoms with Crippen LogP contribution in [0.25, 0.3) is 0 Å². The highest BCUT2D eigenvalue weighted by Gasteiger charge is 2.18. The molecule has 0 fully saturated rings. The molecule has 1 unspecified atom stereocenters. The molecular weight excluding hydrogens is 171 g/mol. The molecule has 0 aromatic heterocycles. The SMILES string of the molecule is Cl[Si](Cl)C1C=CCCC1. The third-order valence-corrected chi connectivity index (χ3v) is 4.26. The van der Waals surface area contributed by atoms with Gasteiger partial charge in [-0.2, -0.15) is 0 Å². The van der Waals surface area contributed by atoms with E-state index in [9.17, 15) is 0 Å². The first kappa shape index (κ1) is 7.64. The van der Waals surface area contributed by atoms with E-state index < -0.39 is 7.42 Å². The molecule has 51 valence electrons. The summed E-state index contributed by atoms with van der Waals surface area (Å²) in [6.45, 7) is 0. The minimum atomic E-state index is -1.08. The Kier molecular flexibility index (Phi) is 3.09. The lowest BCUT2D eigenvalue weighted by atomic mass is 10.1. The molecule has 0 heterocycles. The molecule has 1 aliphatic carbocycles. The van der Waals surface area contributed by atoms with Crippen molar-refractivity contribution in [3.63, 3.8) is 0 Å². The third-order valence-electron chi connectivity index (χ3n) is 1.53. The second-order valence-corrected chi connectivity index (χ2v) is 6.60. The van der Waals surface area contributed by atoms with E-state index in [-0.39, 0.29) is 0 Å². The van der Waals surface area contributed by atoms with E-state index in [0.717, 1.165) is 0 Å². The van der Waals surface area contributed by atoms with Crippen molar-refractivity contribution in [1.29, 1.82) is 0 Å². The average molecular weight is 180 g/mol. The first-order valence-corrected chi connectivity index (χ1v) is 6.75. The molecule has 1 radical (unpaired) electrons. The van der Waals surface area contributed by atoms with Crippen LogP contribution in [0.2, 0.25) is 5.54 Å². The molecule has 0 N–H and O–H groups in total. The van der Waals surface area contributed by atoms with Gasteiger partial charge >= 0.3 is 0 Å². The fraction of sp³-hybridized carbons (Fsp3) is 0.667. The Hall–Kier alpha value is 0.537. The lowest BCUT2D eigenvalue weighted by Crippen LogP contribution is -2.06. The predicted octanol–water partition coefficient (Wildman–Crippen LogP) is 3.06. The molecule has 0 saturated heterocycles. The van der Waals surface area contributed by atoms with Gasteiger partial charge in [0.05, 0.1) is 0 Å². The van der Waals surface area contributed by atoms with Gasteiger partial charge in [0.25, 0.3) is 7.42 Å². The van der Waals surface area contributed by atoms with E-state index in [1.165, 1.54) is 19.3 Å². The molecule has 0 saturated carbocycles. The van der Waals surface area contributed by atoms with Gasteiger partial charge in [0.1, 0.15) is 0 Å². The Morgan fingerprint density at radius 3 is 2.56 bits per heavy atom. The topological polar surface area (TPSA) is 0 Å². The van der Waals surface area contributed by atoms with Crippen LogP contribution in [0.1, 0.15) is 19.3 Å². The summed E-state index contributed by atoms with van der Waals surface area (Å²) in [7, 11) is -1.08. The summed E-state index contributed by atoms with van der Waals surface area (Å²) in [4.78, 5) is 0. The van der Waals surface area contributed by atoms with Gasteiger partial charge in [-0.3, -0.25) is 0 Å². The molecule has 0 amide bonds. The highest BCUT2D eigenvalue weighted by atomic mass is 35.7. The van der Waals surface area contributed by atoms with Gasteiger partial charge in [0, 0.05) is 0 Å². The summed E-state index contributed by atoms with van der Waals surface area (Å²) in [5.74, 6) is 0. The van der Waals surface area contributed by atoms with Gasteiger partial charge in [-0.1, -0.05) is 12.2 Å². The number of hydrogen-bond acceptors (Lipinski definition) is 0. The normalized spacial score (nSPS) is 27.2. The molecule has 0 spiro atoms. The van der Waals surface area contributed by atoms with Gasteiger partial charge in [-0.25, -0.2) is 0 Å². The molecule has 0 aliphatic heterocycles. The number of rotatable bonds is 1. The zero-order valence-corrected chi connectivity index (χ0v) is 7.62. The van der Waals surface area contributed by atoms with Crippen LogP contribution in [0.5, 0.6) is 0 Å². The number of allylic oxidation sites excluding steroid dienone is 2. The number of halogens is 2. The van der Waals surface area contributed by atoms with Crippen LogP contribution in [0.15, 0.2) is 12.2 Å². The van der Waals surface area contributed by atoms with E-state index in [1.807, 2.05) is 0 Å². The van der Waals surface area contributed by atoms with Crippen molar-refractivity contribution in [2.24, 2.45) is 0 Å². The molecule has 1 atom stereocenters. The Morgan fingerprint density at radius 2 is 2.22 bits per heavy atom. The molecule has 1 rings (SSSR count). The quantitative estimate of drug-likeness (QED) is 0.330. The zero-order chi connectivity index (χ0) is 6.69. The van der Waals surface area contributed by atoms with Crippen molar-refractivity contribution in [1.82, 2.24) is 0 Å². The maximum atomic E-state index is 5.77. The van der Waals surface area contributed by atoms with Crippen molar-refractivity contribution in [2.45, 2.75) is 24.8 Å². The fourth-order valence-electron chi connectivity index (χ4n) is 0.994. The molecule has 0 aromatic rings. The van der Waals surface area contributed by atoms with E-state index in [0.29, 0.717) is 5.54 Å². The Bertz CT molecular complexity index is 112. The molecular formula is C6H9Cl2Si. The average Bonchev–Trinajstić information content (AvgIpc) is 1.90. The zero-order valence-electron chi connectivity index (χ0n) is 5.11. The largest absolute Gasteiger partial charge is 0.280 e. The summed E-state index contributed by atoms with van der Waals surface area (Å²) in [5.41, 5.74) is 0.507. The molecule has 9 heavy (non-hydrogen) atoms. The lowest BCUT2D eigenvalue weighted by Gasteiger charge is -2.14. The molecule has 1 aliphatic rings. The minimum Gasteiger partial charge on any atom is -0.146 e. The number of hydrogen-bond donors (Lipinski definition) is 0. The third kappa shape index (κ3) is 2.32. The van der Waals surface area contributed by atoms with E-state index in [1.54, 1.807) is 0 Å². The van der Waals surface area contributed by atoms with Crippen molar-refractivity contribution >= 4 is 29.6 Å². The van der Waals surface area contributed by atoms with E-state index in [2.05, 4.69) is 12.2 Å². The van der Waals surface area contributed by atoms with Crippen LogP contribution in [0.3, 0.4) is 0 Å². The van der Waals surface area contributed by atoms with Gasteiger partial charge in [0.2, 0.25) is 0 Å². The lowest BCUT2D eigenvalue weighted by molar-refractivity contribution is 0.726. The van der Waals surface area contributed by atoms with Crippen LogP contribution in [-0.2, 0) is 0 Å². The van der Waals surface area contributed by atoms with Crippen LogP contribution in [0.4, 0.5) is 0 Å². The van der Waals surface area contributed by atoms with Crippen LogP contribution < -0.4 is 0 Å². The van der Waals surface area contributed by atoms with Gasteiger partial charge < -0.3 is 0 Å². The Balaban J connectivity index is 2.40. The second-order valence-electron chi connectivity index (χ2n) is 2.26. The summed E-state index contributed by atoms with van der Waals surface area (Å²) >= 11 is 11.5. The smallest absolute Gasteiger partial charge is 0.146 e. The van der Waals surface area contributed by atoms with Crippen molar-refractivity contribution in [2.75, 3.05) is 0 Å². The van der Waals surface area contributed by atoms with E-state index >= 15 is 0 Å². The Morgan fingerprint density at radius 1 is 1.44 bits per heavy atom. The first-order chi connectivity index (χ1) is 4.30. The second kappa shape index (κ2) is 3.64. The molecule has 0 bridgehead atoms. The molecule has 3 heteroatoms. The van der Waals surface area contributed by atoms with Gasteiger partial charge in [-0.05, 0) is 24.8 Å². The fourth-order valence-corrected chi connectivity index (χ4v) is 2.79. The first-order valence-electron chi connectivity index (χ1n) is 3.15. The summed E-state index contributed by atoms with van der Waals surface area (Å²) in [6, 6.07) is 0.